The number of carbonyl (C=O) groups is 1. The van der Waals surface area contributed by atoms with Crippen LogP contribution in [0.4, 0.5) is 0 Å². The lowest BCUT2D eigenvalue weighted by atomic mass is 9.86. The minimum Gasteiger partial charge on any atom is -0.495 e. The molecule has 0 bridgehead atoms. The largest absolute Gasteiger partial charge is 0.495 e. The van der Waals surface area contributed by atoms with Crippen LogP contribution in [0.5, 0.6) is 5.75 Å². The van der Waals surface area contributed by atoms with Crippen molar-refractivity contribution in [2.45, 2.75) is 57.4 Å². The maximum absolute atomic E-state index is 13.0. The molecule has 1 aliphatic rings. The highest BCUT2D eigenvalue weighted by Gasteiger charge is 2.29. The van der Waals surface area contributed by atoms with Crippen LogP contribution in [0.25, 0.3) is 0 Å². The number of carbonyl (C=O) groups excluding carboxylic acids is 1. The van der Waals surface area contributed by atoms with Crippen molar-refractivity contribution >= 4 is 15.9 Å². The van der Waals surface area contributed by atoms with Crippen LogP contribution >= 0.6 is 0 Å². The van der Waals surface area contributed by atoms with Crippen molar-refractivity contribution in [2.75, 3.05) is 27.2 Å². The van der Waals surface area contributed by atoms with Gasteiger partial charge in [-0.2, -0.15) is 4.31 Å². The van der Waals surface area contributed by atoms with E-state index in [1.807, 2.05) is 7.05 Å². The quantitative estimate of drug-likeness (QED) is 0.709. The zero-order valence-corrected chi connectivity index (χ0v) is 17.9. The van der Waals surface area contributed by atoms with E-state index in [1.54, 1.807) is 30.9 Å². The summed E-state index contributed by atoms with van der Waals surface area (Å²) in [4.78, 5) is 14.8. The Bertz CT molecular complexity index is 751. The third kappa shape index (κ3) is 4.63. The molecule has 0 saturated heterocycles. The molecule has 1 amide bonds. The number of methoxy groups -OCH3 is 1. The molecule has 1 aromatic carbocycles. The van der Waals surface area contributed by atoms with Gasteiger partial charge in [-0.3, -0.25) is 4.79 Å². The highest BCUT2D eigenvalue weighted by atomic mass is 32.2. The number of ether oxygens (including phenoxy) is 1. The topological polar surface area (TPSA) is 66.9 Å². The molecule has 1 aromatic rings. The molecule has 0 unspecified atom stereocenters. The molecule has 6 nitrogen and oxygen atoms in total. The molecule has 0 heterocycles. The molecule has 1 aliphatic carbocycles. The Labute approximate surface area is 163 Å². The van der Waals surface area contributed by atoms with Gasteiger partial charge in [0.25, 0.3) is 5.91 Å². The fourth-order valence-electron chi connectivity index (χ4n) is 3.71. The Morgan fingerprint density at radius 2 is 1.74 bits per heavy atom. The summed E-state index contributed by atoms with van der Waals surface area (Å²) in [6.45, 7) is 6.55. The number of hydrogen-bond donors (Lipinski definition) is 0. The second-order valence-electron chi connectivity index (χ2n) is 7.28. The monoisotopic (exact) mass is 396 g/mol. The Kier molecular flexibility index (Phi) is 7.28. The molecule has 2 rings (SSSR count). The zero-order valence-electron chi connectivity index (χ0n) is 17.1. The van der Waals surface area contributed by atoms with Crippen molar-refractivity contribution in [1.82, 2.24) is 9.21 Å². The van der Waals surface area contributed by atoms with Gasteiger partial charge in [0.2, 0.25) is 10.0 Å². The van der Waals surface area contributed by atoms with Crippen molar-refractivity contribution in [2.24, 2.45) is 5.92 Å². The van der Waals surface area contributed by atoms with E-state index in [0.717, 1.165) is 25.7 Å². The predicted octanol–water partition coefficient (Wildman–Crippen LogP) is 3.38. The minimum atomic E-state index is -3.72. The van der Waals surface area contributed by atoms with E-state index in [1.165, 1.54) is 17.5 Å². The third-order valence-electron chi connectivity index (χ3n) is 5.59. The van der Waals surface area contributed by atoms with E-state index in [2.05, 4.69) is 6.92 Å². The van der Waals surface area contributed by atoms with Crippen LogP contribution in [-0.4, -0.2) is 56.8 Å². The van der Waals surface area contributed by atoms with Gasteiger partial charge in [-0.1, -0.05) is 20.8 Å². The van der Waals surface area contributed by atoms with E-state index in [9.17, 15) is 13.2 Å². The summed E-state index contributed by atoms with van der Waals surface area (Å²) in [6, 6.07) is 4.88. The summed E-state index contributed by atoms with van der Waals surface area (Å²) in [5.74, 6) is 0.817. The molecule has 7 heteroatoms. The van der Waals surface area contributed by atoms with Crippen molar-refractivity contribution in [3.05, 3.63) is 23.8 Å². The number of amides is 1. The average molecular weight is 397 g/mol. The molecule has 0 spiro atoms. The molecule has 152 valence electrons. The Morgan fingerprint density at radius 3 is 2.26 bits per heavy atom. The summed E-state index contributed by atoms with van der Waals surface area (Å²) < 4.78 is 32.6. The first-order valence-corrected chi connectivity index (χ1v) is 11.2. The van der Waals surface area contributed by atoms with Crippen LogP contribution in [0.2, 0.25) is 0 Å². The summed E-state index contributed by atoms with van der Waals surface area (Å²) >= 11 is 0. The summed E-state index contributed by atoms with van der Waals surface area (Å²) in [5, 5.41) is 0. The van der Waals surface area contributed by atoms with Gasteiger partial charge in [0, 0.05) is 31.7 Å². The summed E-state index contributed by atoms with van der Waals surface area (Å²) in [7, 11) is -0.471. The van der Waals surface area contributed by atoms with Crippen LogP contribution in [0.15, 0.2) is 23.1 Å². The second kappa shape index (κ2) is 9.06. The van der Waals surface area contributed by atoms with Gasteiger partial charge in [0.1, 0.15) is 10.6 Å². The smallest absolute Gasteiger partial charge is 0.253 e. The maximum Gasteiger partial charge on any atom is 0.253 e. The van der Waals surface area contributed by atoms with Crippen LogP contribution in [0, 0.1) is 5.92 Å². The second-order valence-corrected chi connectivity index (χ2v) is 9.19. The van der Waals surface area contributed by atoms with Gasteiger partial charge >= 0.3 is 0 Å². The molecular formula is C20H32N2O4S. The molecule has 0 N–H and O–H groups in total. The van der Waals surface area contributed by atoms with Crippen molar-refractivity contribution in [3.8, 4) is 5.75 Å². The van der Waals surface area contributed by atoms with Gasteiger partial charge in [0.05, 0.1) is 7.11 Å². The standard InChI is InChI=1S/C20H32N2O4S/c1-6-22(7-2)27(24,25)19-14-16(10-13-18(19)26-5)20(23)21(4)17-11-8-15(3)9-12-17/h10,13-15,17H,6-9,11-12H2,1-5H3. The average Bonchev–Trinajstić information content (AvgIpc) is 2.67. The first-order valence-electron chi connectivity index (χ1n) is 9.71. The van der Waals surface area contributed by atoms with Crippen LogP contribution in [0.1, 0.15) is 56.8 Å². The molecule has 0 atom stereocenters. The molecule has 1 fully saturated rings. The lowest BCUT2D eigenvalue weighted by Gasteiger charge is -2.33. The van der Waals surface area contributed by atoms with E-state index in [-0.39, 0.29) is 22.6 Å². The predicted molar refractivity (Wildman–Crippen MR) is 107 cm³/mol. The van der Waals surface area contributed by atoms with E-state index in [4.69, 9.17) is 4.74 Å². The number of hydrogen-bond acceptors (Lipinski definition) is 4. The van der Waals surface area contributed by atoms with Crippen LogP contribution in [-0.2, 0) is 10.0 Å². The molecule has 0 aliphatic heterocycles. The maximum atomic E-state index is 13.0. The van der Waals surface area contributed by atoms with Crippen molar-refractivity contribution < 1.29 is 17.9 Å². The van der Waals surface area contributed by atoms with Crippen LogP contribution in [0.3, 0.4) is 0 Å². The van der Waals surface area contributed by atoms with Gasteiger partial charge in [-0.15, -0.1) is 0 Å². The van der Waals surface area contributed by atoms with Gasteiger partial charge in [-0.25, -0.2) is 8.42 Å². The summed E-state index contributed by atoms with van der Waals surface area (Å²) in [6.07, 6.45) is 4.22. The van der Waals surface area contributed by atoms with Gasteiger partial charge < -0.3 is 9.64 Å². The van der Waals surface area contributed by atoms with Gasteiger partial charge in [-0.05, 0) is 49.8 Å². The highest BCUT2D eigenvalue weighted by molar-refractivity contribution is 7.89. The third-order valence-corrected chi connectivity index (χ3v) is 7.66. The number of nitrogens with zero attached hydrogens (tertiary/aromatic N) is 2. The fourth-order valence-corrected chi connectivity index (χ4v) is 5.35. The molecule has 1 saturated carbocycles. The Morgan fingerprint density at radius 1 is 1.15 bits per heavy atom. The minimum absolute atomic E-state index is 0.0465. The highest BCUT2D eigenvalue weighted by Crippen LogP contribution is 2.30. The number of sulfonamides is 1. The fraction of sp³-hybridized carbons (Fsp3) is 0.650. The first kappa shape index (κ1) is 21.7. The van der Waals surface area contributed by atoms with Crippen LogP contribution < -0.4 is 4.74 Å². The number of rotatable bonds is 7. The molecule has 0 radical (unpaired) electrons. The lowest BCUT2D eigenvalue weighted by molar-refractivity contribution is 0.0679. The lowest BCUT2D eigenvalue weighted by Crippen LogP contribution is -2.39. The zero-order chi connectivity index (χ0) is 20.2. The SMILES string of the molecule is CCN(CC)S(=O)(=O)c1cc(C(=O)N(C)C2CCC(C)CC2)ccc1OC. The van der Waals surface area contributed by atoms with E-state index >= 15 is 0 Å². The van der Waals surface area contributed by atoms with E-state index in [0.29, 0.717) is 24.6 Å². The molecule has 0 aromatic heterocycles. The first-order chi connectivity index (χ1) is 12.8. The van der Waals surface area contributed by atoms with Crippen molar-refractivity contribution in [3.63, 3.8) is 0 Å². The van der Waals surface area contributed by atoms with E-state index < -0.39 is 10.0 Å². The molecule has 27 heavy (non-hydrogen) atoms. The Hall–Kier alpha value is -1.60. The normalized spacial score (nSPS) is 20.5. The van der Waals surface area contributed by atoms with Gasteiger partial charge in [0.15, 0.2) is 0 Å². The Balaban J connectivity index is 2.34. The van der Waals surface area contributed by atoms with Crippen molar-refractivity contribution in [1.29, 1.82) is 0 Å². The molecular weight excluding hydrogens is 364 g/mol. The number of benzene rings is 1. The summed E-state index contributed by atoms with van der Waals surface area (Å²) in [5.41, 5.74) is 0.377.